The molecule has 0 unspecified atom stereocenters. The van der Waals surface area contributed by atoms with E-state index in [9.17, 15) is 39.0 Å². The molecule has 2 N–H and O–H groups in total. The van der Waals surface area contributed by atoms with Gasteiger partial charge in [0.15, 0.2) is 34.7 Å². The number of aromatic nitrogens is 9. The Morgan fingerprint density at radius 2 is 0.682 bits per heavy atom. The van der Waals surface area contributed by atoms with E-state index in [1.807, 2.05) is 211 Å². The summed E-state index contributed by atoms with van der Waals surface area (Å²) < 4.78 is 32.9. The highest BCUT2D eigenvalue weighted by Gasteiger charge is 2.41. The van der Waals surface area contributed by atoms with Gasteiger partial charge in [-0.3, -0.25) is 33.4 Å². The van der Waals surface area contributed by atoms with Crippen LogP contribution in [0.5, 0.6) is 11.5 Å². The fraction of sp³-hybridized carbons (Fsp3) is 0.471. The fourth-order valence-electron chi connectivity index (χ4n) is 22.0. The highest BCUT2D eigenvalue weighted by Crippen LogP contribution is 2.55. The molecule has 0 amide bonds. The van der Waals surface area contributed by atoms with E-state index in [1.54, 1.807) is 110 Å². The van der Waals surface area contributed by atoms with Crippen LogP contribution in [0.15, 0.2) is 85.6 Å². The maximum absolute atomic E-state index is 12.8. The minimum absolute atomic E-state index is 0.00306. The molecule has 2 aromatic carbocycles. The van der Waals surface area contributed by atoms with Crippen molar-refractivity contribution in [2.24, 2.45) is 7.05 Å². The standard InChI is InChI=1S/C26H31NO3S.C25H29NO3S.C24H27NO3S.C23H29N3O2S.C23H27N3O2S/c1-14-11-12-17(19(29)13-14)22-21(24(16(3)28)30-26(4,5)6)15(2)27-25-23(22)18-9-7-8-10-20(18)31-25;1-14-20(23(15(2)27)29-25(3,4)5)21(16-9-8-10-17(28)13-16)22-18-11-6-7-12-19(18)30-24(22)26-14;1-5-28-23(15(4)26)20-14(3)25-24-22(17-8-6-7-9-19(17)29-24)21(20)16-11-10-13(2)12-18(16)27;1-13-18(21(14(2)27)28-23(3,4)5)20(16-11-12-24-26(16)6)19-15-9-7-8-10-17(15)29-22(19)25-13;1-13-18(21(14(2)27)28-23(3,4)5)19(15-10-24-12-25-11-15)20-16-8-6-7-9-17(16)29-22(20)26-13/h11-13,24,29H,7-10H2,1-6H3;8-9,13,23H,6-7,10-12H2,1-5H3;10-12,23,27H,5-9H2,1-4H3;11-12,21H,7-10H2,1-6H3;10-12,21H,6-9H2,1-5H3/t24-;2*23-;2*21-/m11111/s1. The molecule has 6 aliphatic carbocycles. The lowest BCUT2D eigenvalue weighted by atomic mass is 9.85. The number of pyridine rings is 5. The van der Waals surface area contributed by atoms with Gasteiger partial charge in [0.1, 0.15) is 72.5 Å². The van der Waals surface area contributed by atoms with Gasteiger partial charge >= 0.3 is 0 Å². The van der Waals surface area contributed by atoms with Crippen LogP contribution in [0.3, 0.4) is 0 Å². The molecule has 22 nitrogen and oxygen atoms in total. The summed E-state index contributed by atoms with van der Waals surface area (Å²) in [4.78, 5) is 121. The van der Waals surface area contributed by atoms with Gasteiger partial charge in [-0.05, 0) is 370 Å². The van der Waals surface area contributed by atoms with Crippen molar-refractivity contribution in [2.45, 2.75) is 361 Å². The third-order valence-electron chi connectivity index (χ3n) is 28.0. The summed E-state index contributed by atoms with van der Waals surface area (Å²) in [6.07, 6.45) is 32.0. The number of ketones is 6. The zero-order chi connectivity index (χ0) is 107. The van der Waals surface area contributed by atoms with Gasteiger partial charge in [-0.25, -0.2) is 34.9 Å². The van der Waals surface area contributed by atoms with E-state index in [0.717, 1.165) is 252 Å². The molecular weight excluding hydrogens is 1950 g/mol. The van der Waals surface area contributed by atoms with E-state index < -0.39 is 52.9 Å². The molecule has 0 spiro atoms. The summed E-state index contributed by atoms with van der Waals surface area (Å²) in [5, 5.41) is 31.9. The maximum Gasteiger partial charge on any atom is 0.163 e. The number of hydrogen-bond acceptors (Lipinski definition) is 26. The number of phenols is 2. The van der Waals surface area contributed by atoms with Crippen LogP contribution in [-0.4, -0.2) is 119 Å². The van der Waals surface area contributed by atoms with Crippen molar-refractivity contribution in [1.82, 2.24) is 44.7 Å². The Labute approximate surface area is 890 Å². The molecule has 780 valence electrons. The summed E-state index contributed by atoms with van der Waals surface area (Å²) in [6.45, 7) is 47.6. The van der Waals surface area contributed by atoms with Gasteiger partial charge in [0.05, 0.1) is 28.1 Å². The zero-order valence-corrected chi connectivity index (χ0v) is 95.1. The molecule has 0 saturated heterocycles. The van der Waals surface area contributed by atoms with Crippen LogP contribution in [0.1, 0.15) is 351 Å². The summed E-state index contributed by atoms with van der Waals surface area (Å²) in [6, 6.07) is 13.5. The van der Waals surface area contributed by atoms with E-state index in [2.05, 4.69) is 15.1 Å². The lowest BCUT2D eigenvalue weighted by Crippen LogP contribution is -2.28. The molecule has 0 saturated carbocycles. The lowest BCUT2D eigenvalue weighted by molar-refractivity contribution is -0.139. The smallest absolute Gasteiger partial charge is 0.163 e. The van der Waals surface area contributed by atoms with Gasteiger partial charge in [-0.1, -0.05) is 36.4 Å². The molecule has 12 aromatic heterocycles. The van der Waals surface area contributed by atoms with E-state index >= 15 is 0 Å². The molecule has 12 heterocycles. The van der Waals surface area contributed by atoms with Gasteiger partial charge in [-0.15, -0.1) is 56.7 Å². The van der Waals surface area contributed by atoms with Crippen LogP contribution in [-0.2, 0) is 124 Å². The van der Waals surface area contributed by atoms with Gasteiger partial charge in [0, 0.05) is 191 Å². The Balaban J connectivity index is 0.000000132. The number of carbonyl (C=O) groups is 6. The van der Waals surface area contributed by atoms with E-state index in [1.165, 1.54) is 109 Å². The number of phenolic OH excluding ortho intramolecular Hbond substituents is 2. The van der Waals surface area contributed by atoms with E-state index in [0.29, 0.717) is 13.0 Å². The number of thiophene rings is 5. The van der Waals surface area contributed by atoms with Crippen molar-refractivity contribution in [1.29, 1.82) is 0 Å². The van der Waals surface area contributed by atoms with Gasteiger partial charge < -0.3 is 33.9 Å². The molecule has 148 heavy (non-hydrogen) atoms. The number of allylic oxidation sites excluding steroid dienone is 4. The molecule has 0 aliphatic heterocycles. The van der Waals surface area contributed by atoms with Crippen molar-refractivity contribution in [2.75, 3.05) is 6.61 Å². The molecule has 0 fully saturated rings. The van der Waals surface area contributed by atoms with Crippen molar-refractivity contribution >= 4 is 148 Å². The number of aryl methyl sites for hydroxylation is 18. The number of rotatable bonds is 21. The predicted octanol–water partition coefficient (Wildman–Crippen LogP) is 29.0. The summed E-state index contributed by atoms with van der Waals surface area (Å²) >= 11 is 8.87. The number of ether oxygens (including phenoxy) is 5. The lowest BCUT2D eigenvalue weighted by Gasteiger charge is -2.29. The molecule has 20 rings (SSSR count). The number of aromatic hydroxyl groups is 2. The number of nitrogens with zero attached hydrogens (tertiary/aromatic N) is 9. The largest absolute Gasteiger partial charge is 0.507 e. The second-order valence-corrected chi connectivity index (χ2v) is 49.8. The van der Waals surface area contributed by atoms with Crippen molar-refractivity contribution in [3.63, 3.8) is 0 Å². The molecule has 0 bridgehead atoms. The van der Waals surface area contributed by atoms with E-state index in [4.69, 9.17) is 48.6 Å². The zero-order valence-electron chi connectivity index (χ0n) is 91.0. The van der Waals surface area contributed by atoms with E-state index in [-0.39, 0.29) is 46.2 Å². The molecular formula is C121H143N9O13S5. The van der Waals surface area contributed by atoms with Crippen LogP contribution in [0.25, 0.3) is 101 Å². The maximum atomic E-state index is 12.8. The van der Waals surface area contributed by atoms with Crippen molar-refractivity contribution in [3.05, 3.63) is 211 Å². The summed E-state index contributed by atoms with van der Waals surface area (Å²) in [5.74, 6) is 0.356. The van der Waals surface area contributed by atoms with Gasteiger partial charge in [0.25, 0.3) is 0 Å². The average Bonchev–Trinajstić information content (AvgIpc) is 1.58. The Hall–Kier alpha value is -10.8. The predicted molar refractivity (Wildman–Crippen MR) is 601 cm³/mol. The topological polar surface area (TPSA) is 297 Å². The van der Waals surface area contributed by atoms with Crippen LogP contribution < -0.4 is 0 Å². The van der Waals surface area contributed by atoms with Crippen molar-refractivity contribution in [3.8, 4) is 56.1 Å². The fourth-order valence-corrected chi connectivity index (χ4v) is 28.6. The quantitative estimate of drug-likeness (QED) is 0.0675. The van der Waals surface area contributed by atoms with Crippen molar-refractivity contribution < 1.29 is 62.7 Å². The molecule has 0 radical (unpaired) electrons. The monoisotopic (exact) mass is 2090 g/mol. The first-order valence-electron chi connectivity index (χ1n) is 52.4. The number of benzene rings is 2. The number of carbonyl (C=O) groups excluding carboxylic acids is 6. The highest BCUT2D eigenvalue weighted by molar-refractivity contribution is 7.20. The van der Waals surface area contributed by atoms with Crippen LogP contribution >= 0.6 is 56.7 Å². The summed E-state index contributed by atoms with van der Waals surface area (Å²) in [7, 11) is 1.95. The van der Waals surface area contributed by atoms with Gasteiger partial charge in [0.2, 0.25) is 0 Å². The number of fused-ring (bicyclic) bond motifs is 15. The summed E-state index contributed by atoms with van der Waals surface area (Å²) in [5.41, 5.74) is 24.2. The first-order valence-corrected chi connectivity index (χ1v) is 56.5. The third-order valence-corrected chi connectivity index (χ3v) is 34.0. The Morgan fingerprint density at radius 3 is 0.980 bits per heavy atom. The highest BCUT2D eigenvalue weighted by atomic mass is 32.1. The molecule has 27 heteroatoms. The second kappa shape index (κ2) is 45.0. The number of hydrogen-bond donors (Lipinski definition) is 2. The first kappa shape index (κ1) is 110. The molecule has 5 atom stereocenters. The van der Waals surface area contributed by atoms with Crippen LogP contribution in [0, 0.1) is 48.5 Å². The van der Waals surface area contributed by atoms with Gasteiger partial charge in [-0.2, -0.15) is 5.10 Å². The third kappa shape index (κ3) is 23.6. The molecule has 6 aliphatic rings. The molecule has 14 aromatic rings. The first-order chi connectivity index (χ1) is 70.1. The average molecular weight is 2090 g/mol. The second-order valence-electron chi connectivity index (χ2n) is 44.4. The minimum Gasteiger partial charge on any atom is -0.507 e. The Bertz CT molecular complexity index is 7580. The minimum atomic E-state index is -0.744. The normalized spacial score (nSPS) is 15.7. The van der Waals surface area contributed by atoms with Crippen LogP contribution in [0.4, 0.5) is 0 Å². The van der Waals surface area contributed by atoms with Crippen LogP contribution in [0.2, 0.25) is 0 Å². The number of Topliss-reactive ketones (excluding diaryl/α,β-unsaturated/α-hetero) is 5. The SMILES string of the molecule is CC(=O)[C@@H](OC(C)(C)C)c1c(C)nc2sc3c(c2c1-c1ccc(C)cc1O)CCCC3.CC(=O)[C@@H](OC(C)(C)C)c1c(C)nc2sc3c(c2c1-c1ccnn1C)CCCC3.CC(=O)[C@@H](OC(C)(C)C)c1c(C)nc2sc3c(c2c1-c1cncnc1)CCCC3.CC(=O)[C@@H](OC(C)(C)C)c1c(C)nc2sc3c(c2c1C1=CC(=O)CC=C1)CCCC3.CCO[C@H](C(C)=O)c1c(C)nc2sc3c(c2c1-c1ccc(C)cc1O)CCCC3. The Morgan fingerprint density at radius 1 is 0.392 bits per heavy atom. The Kier molecular flexibility index (Phi) is 33.4.